The van der Waals surface area contributed by atoms with Gasteiger partial charge in [0.2, 0.25) is 5.91 Å². The largest absolute Gasteiger partial charge is 0.496 e. The molecule has 0 radical (unpaired) electrons. The normalized spacial score (nSPS) is 16.5. The van der Waals surface area contributed by atoms with Gasteiger partial charge in [-0.15, -0.1) is 6.58 Å². The second-order valence-electron chi connectivity index (χ2n) is 5.83. The van der Waals surface area contributed by atoms with Gasteiger partial charge >= 0.3 is 0 Å². The van der Waals surface area contributed by atoms with Crippen molar-refractivity contribution in [3.8, 4) is 5.75 Å². The van der Waals surface area contributed by atoms with Crippen molar-refractivity contribution in [1.29, 1.82) is 0 Å². The van der Waals surface area contributed by atoms with Crippen LogP contribution in [0, 0.1) is 13.8 Å². The molecule has 1 aromatic carbocycles. The highest BCUT2D eigenvalue weighted by Crippen LogP contribution is 2.25. The van der Waals surface area contributed by atoms with Gasteiger partial charge in [0.15, 0.2) is 0 Å². The van der Waals surface area contributed by atoms with E-state index in [1.807, 2.05) is 11.0 Å². The van der Waals surface area contributed by atoms with Crippen LogP contribution in [0.15, 0.2) is 24.8 Å². The van der Waals surface area contributed by atoms with Gasteiger partial charge in [0, 0.05) is 39.1 Å². The zero-order valence-electron chi connectivity index (χ0n) is 13.9. The van der Waals surface area contributed by atoms with Crippen LogP contribution in [0.4, 0.5) is 0 Å². The van der Waals surface area contributed by atoms with Crippen LogP contribution in [0.5, 0.6) is 5.75 Å². The van der Waals surface area contributed by atoms with Crippen molar-refractivity contribution in [2.75, 3.05) is 33.3 Å². The second kappa shape index (κ2) is 7.45. The number of amides is 1. The predicted molar refractivity (Wildman–Crippen MR) is 89.1 cm³/mol. The van der Waals surface area contributed by atoms with Crippen molar-refractivity contribution in [3.05, 3.63) is 41.5 Å². The molecule has 0 aliphatic carbocycles. The Hall–Kier alpha value is -1.81. The van der Waals surface area contributed by atoms with E-state index in [2.05, 4.69) is 31.4 Å². The molecule has 0 spiro atoms. The van der Waals surface area contributed by atoms with E-state index in [1.54, 1.807) is 13.2 Å². The third-order valence-corrected chi connectivity index (χ3v) is 4.49. The maximum atomic E-state index is 12.0. The molecule has 2 rings (SSSR count). The number of hydrogen-bond acceptors (Lipinski definition) is 3. The van der Waals surface area contributed by atoms with Gasteiger partial charge in [-0.1, -0.05) is 12.1 Å². The first-order valence-corrected chi connectivity index (χ1v) is 7.81. The molecule has 1 aromatic rings. The highest BCUT2D eigenvalue weighted by atomic mass is 16.5. The Morgan fingerprint density at radius 3 is 2.68 bits per heavy atom. The molecule has 0 atom stereocenters. The van der Waals surface area contributed by atoms with Crippen molar-refractivity contribution < 1.29 is 9.53 Å². The first-order chi connectivity index (χ1) is 10.6. The quantitative estimate of drug-likeness (QED) is 0.784. The molecule has 4 nitrogen and oxygen atoms in total. The van der Waals surface area contributed by atoms with E-state index in [9.17, 15) is 4.79 Å². The Morgan fingerprint density at radius 1 is 1.23 bits per heavy atom. The van der Waals surface area contributed by atoms with Crippen LogP contribution < -0.4 is 4.74 Å². The Labute approximate surface area is 133 Å². The predicted octanol–water partition coefficient (Wildman–Crippen LogP) is 2.53. The number of ether oxygens (including phenoxy) is 1. The van der Waals surface area contributed by atoms with Crippen molar-refractivity contribution in [2.45, 2.75) is 26.8 Å². The molecule has 0 N–H and O–H groups in total. The molecule has 1 saturated heterocycles. The lowest BCUT2D eigenvalue weighted by atomic mass is 10.0. The summed E-state index contributed by atoms with van der Waals surface area (Å²) in [4.78, 5) is 16.3. The van der Waals surface area contributed by atoms with Gasteiger partial charge in [-0.2, -0.15) is 0 Å². The molecule has 1 aliphatic rings. The average Bonchev–Trinajstić information content (AvgIpc) is 2.68. The number of methoxy groups -OCH3 is 1. The smallest absolute Gasteiger partial charge is 0.224 e. The molecule has 0 bridgehead atoms. The zero-order valence-corrected chi connectivity index (χ0v) is 13.9. The van der Waals surface area contributed by atoms with Crippen molar-refractivity contribution in [3.63, 3.8) is 0 Å². The van der Waals surface area contributed by atoms with Crippen molar-refractivity contribution >= 4 is 5.91 Å². The summed E-state index contributed by atoms with van der Waals surface area (Å²) in [7, 11) is 1.70. The molecule has 0 saturated carbocycles. The summed E-state index contributed by atoms with van der Waals surface area (Å²) in [6.45, 7) is 12.0. The minimum atomic E-state index is 0.227. The Kier molecular flexibility index (Phi) is 5.61. The van der Waals surface area contributed by atoms with Crippen LogP contribution in [-0.4, -0.2) is 49.0 Å². The molecule has 0 unspecified atom stereocenters. The van der Waals surface area contributed by atoms with E-state index < -0.39 is 0 Å². The van der Waals surface area contributed by atoms with E-state index in [0.717, 1.165) is 31.9 Å². The van der Waals surface area contributed by atoms with Crippen molar-refractivity contribution in [1.82, 2.24) is 9.80 Å². The second-order valence-corrected chi connectivity index (χ2v) is 5.83. The van der Waals surface area contributed by atoms with Gasteiger partial charge in [-0.25, -0.2) is 0 Å². The minimum Gasteiger partial charge on any atom is -0.496 e. The number of hydrogen-bond donors (Lipinski definition) is 0. The maximum absolute atomic E-state index is 12.0. The summed E-state index contributed by atoms with van der Waals surface area (Å²) in [5.41, 5.74) is 3.78. The van der Waals surface area contributed by atoms with Gasteiger partial charge in [0.05, 0.1) is 7.11 Å². The Balaban J connectivity index is 2.07. The molecule has 1 aliphatic heterocycles. The monoisotopic (exact) mass is 302 g/mol. The van der Waals surface area contributed by atoms with E-state index in [-0.39, 0.29) is 5.91 Å². The minimum absolute atomic E-state index is 0.227. The standard InChI is InChI=1S/C18H26N2O2/c1-5-9-20-12-11-19(10-8-18(20)21)13-16-6-7-17(22-4)15(3)14(16)2/h5-7H,1,8-13H2,2-4H3. The summed E-state index contributed by atoms with van der Waals surface area (Å²) >= 11 is 0. The van der Waals surface area contributed by atoms with Gasteiger partial charge < -0.3 is 9.64 Å². The number of benzene rings is 1. The first-order valence-electron chi connectivity index (χ1n) is 7.81. The molecule has 0 aromatic heterocycles. The lowest BCUT2D eigenvalue weighted by Gasteiger charge is -2.22. The lowest BCUT2D eigenvalue weighted by molar-refractivity contribution is -0.129. The van der Waals surface area contributed by atoms with E-state index in [4.69, 9.17) is 4.74 Å². The summed E-state index contributed by atoms with van der Waals surface area (Å²) in [6, 6.07) is 4.17. The van der Waals surface area contributed by atoms with Crippen LogP contribution in [0.1, 0.15) is 23.1 Å². The maximum Gasteiger partial charge on any atom is 0.224 e. The summed E-state index contributed by atoms with van der Waals surface area (Å²) in [5.74, 6) is 1.16. The average molecular weight is 302 g/mol. The highest BCUT2D eigenvalue weighted by molar-refractivity contribution is 5.76. The first kappa shape index (κ1) is 16.6. The third-order valence-electron chi connectivity index (χ3n) is 4.49. The van der Waals surface area contributed by atoms with Crippen molar-refractivity contribution in [2.24, 2.45) is 0 Å². The summed E-state index contributed by atoms with van der Waals surface area (Å²) in [5, 5.41) is 0. The molecule has 1 fully saturated rings. The molecular weight excluding hydrogens is 276 g/mol. The SMILES string of the molecule is C=CCN1CCN(Cc2ccc(OC)c(C)c2C)CCC1=O. The molecule has 22 heavy (non-hydrogen) atoms. The van der Waals surface area contributed by atoms with Gasteiger partial charge in [0.25, 0.3) is 0 Å². The fourth-order valence-electron chi connectivity index (χ4n) is 2.90. The van der Waals surface area contributed by atoms with Crippen LogP contribution in [0.25, 0.3) is 0 Å². The fourth-order valence-corrected chi connectivity index (χ4v) is 2.90. The van der Waals surface area contributed by atoms with E-state index >= 15 is 0 Å². The van der Waals surface area contributed by atoms with Gasteiger partial charge in [0.1, 0.15) is 5.75 Å². The fraction of sp³-hybridized carbons (Fsp3) is 0.500. The number of carbonyl (C=O) groups is 1. The van der Waals surface area contributed by atoms with Crippen LogP contribution >= 0.6 is 0 Å². The van der Waals surface area contributed by atoms with Gasteiger partial charge in [-0.3, -0.25) is 9.69 Å². The molecule has 120 valence electrons. The lowest BCUT2D eigenvalue weighted by Crippen LogP contribution is -2.33. The zero-order chi connectivity index (χ0) is 16.1. The number of nitrogens with zero attached hydrogens (tertiary/aromatic N) is 2. The summed E-state index contributed by atoms with van der Waals surface area (Å²) in [6.07, 6.45) is 2.38. The Bertz CT molecular complexity index is 554. The summed E-state index contributed by atoms with van der Waals surface area (Å²) < 4.78 is 5.37. The number of rotatable bonds is 5. The molecule has 1 heterocycles. The van der Waals surface area contributed by atoms with Crippen LogP contribution in [0.3, 0.4) is 0 Å². The van der Waals surface area contributed by atoms with E-state index in [1.165, 1.54) is 16.7 Å². The molecular formula is C18H26N2O2. The number of carbonyl (C=O) groups excluding carboxylic acids is 1. The highest BCUT2D eigenvalue weighted by Gasteiger charge is 2.20. The van der Waals surface area contributed by atoms with E-state index in [0.29, 0.717) is 13.0 Å². The molecule has 4 heteroatoms. The topological polar surface area (TPSA) is 32.8 Å². The van der Waals surface area contributed by atoms with Gasteiger partial charge in [-0.05, 0) is 36.6 Å². The third kappa shape index (κ3) is 3.69. The molecule has 1 amide bonds. The van der Waals surface area contributed by atoms with Crippen LogP contribution in [0.2, 0.25) is 0 Å². The Morgan fingerprint density at radius 2 is 2.00 bits per heavy atom. The van der Waals surface area contributed by atoms with Crippen LogP contribution in [-0.2, 0) is 11.3 Å².